The summed E-state index contributed by atoms with van der Waals surface area (Å²) >= 11 is 3.17. The Hall–Kier alpha value is -0.615. The van der Waals surface area contributed by atoms with E-state index in [0.717, 1.165) is 20.6 Å². The standard InChI is InChI=1S/C12H13BO2S2/c1-16-10-7-8-5-3-4-6-9(8)11(13(14)15)12(10)17-2/h3-7,14-15H,1-2H3. The van der Waals surface area contributed by atoms with Crippen molar-refractivity contribution < 1.29 is 10.0 Å². The zero-order valence-electron chi connectivity index (χ0n) is 9.68. The van der Waals surface area contributed by atoms with Gasteiger partial charge < -0.3 is 10.0 Å². The predicted octanol–water partition coefficient (Wildman–Crippen LogP) is 1.96. The van der Waals surface area contributed by atoms with Crippen molar-refractivity contribution in [3.8, 4) is 0 Å². The van der Waals surface area contributed by atoms with Gasteiger partial charge in [-0.05, 0) is 29.4 Å². The molecule has 2 rings (SSSR count). The minimum absolute atomic E-state index is 0.611. The largest absolute Gasteiger partial charge is 0.490 e. The van der Waals surface area contributed by atoms with Crippen LogP contribution in [0.4, 0.5) is 0 Å². The van der Waals surface area contributed by atoms with Crippen LogP contribution < -0.4 is 5.46 Å². The lowest BCUT2D eigenvalue weighted by Crippen LogP contribution is -2.32. The quantitative estimate of drug-likeness (QED) is 0.657. The van der Waals surface area contributed by atoms with Gasteiger partial charge >= 0.3 is 7.12 Å². The third-order valence-corrected chi connectivity index (χ3v) is 4.43. The molecule has 2 aromatic rings. The molecule has 17 heavy (non-hydrogen) atoms. The van der Waals surface area contributed by atoms with Crippen LogP contribution in [0.15, 0.2) is 40.1 Å². The Bertz CT molecular complexity index is 543. The van der Waals surface area contributed by atoms with Crippen molar-refractivity contribution in [1.29, 1.82) is 0 Å². The van der Waals surface area contributed by atoms with Gasteiger partial charge in [0.2, 0.25) is 0 Å². The number of hydrogen-bond acceptors (Lipinski definition) is 4. The Kier molecular flexibility index (Phi) is 4.04. The second-order valence-corrected chi connectivity index (χ2v) is 5.29. The summed E-state index contributed by atoms with van der Waals surface area (Å²) in [6.45, 7) is 0. The maximum atomic E-state index is 9.59. The van der Waals surface area contributed by atoms with E-state index in [0.29, 0.717) is 5.46 Å². The van der Waals surface area contributed by atoms with Crippen molar-refractivity contribution in [2.45, 2.75) is 9.79 Å². The highest BCUT2D eigenvalue weighted by atomic mass is 32.2. The van der Waals surface area contributed by atoms with Crippen LogP contribution in [0.3, 0.4) is 0 Å². The van der Waals surface area contributed by atoms with E-state index in [1.54, 1.807) is 23.5 Å². The highest BCUT2D eigenvalue weighted by Crippen LogP contribution is 2.31. The number of hydrogen-bond donors (Lipinski definition) is 2. The summed E-state index contributed by atoms with van der Waals surface area (Å²) in [5.74, 6) is 0. The fraction of sp³-hybridized carbons (Fsp3) is 0.167. The number of rotatable bonds is 3. The van der Waals surface area contributed by atoms with Gasteiger partial charge in [0.05, 0.1) is 0 Å². The van der Waals surface area contributed by atoms with E-state index < -0.39 is 7.12 Å². The van der Waals surface area contributed by atoms with Gasteiger partial charge in [-0.3, -0.25) is 0 Å². The van der Waals surface area contributed by atoms with Gasteiger partial charge in [0, 0.05) is 15.3 Å². The maximum absolute atomic E-state index is 9.59. The van der Waals surface area contributed by atoms with Crippen LogP contribution in [0, 0.1) is 0 Å². The lowest BCUT2D eigenvalue weighted by Gasteiger charge is -2.14. The summed E-state index contributed by atoms with van der Waals surface area (Å²) in [5.41, 5.74) is 0.611. The Balaban J connectivity index is 2.86. The van der Waals surface area contributed by atoms with Crippen LogP contribution in [-0.4, -0.2) is 29.7 Å². The number of benzene rings is 2. The molecule has 2 N–H and O–H groups in total. The van der Waals surface area contributed by atoms with Gasteiger partial charge in [0.1, 0.15) is 0 Å². The van der Waals surface area contributed by atoms with E-state index in [1.165, 1.54) is 0 Å². The molecule has 0 amide bonds. The summed E-state index contributed by atoms with van der Waals surface area (Å²) < 4.78 is 0. The molecule has 0 aliphatic heterocycles. The minimum atomic E-state index is -1.44. The molecule has 0 spiro atoms. The molecule has 2 nitrogen and oxygen atoms in total. The van der Waals surface area contributed by atoms with Crippen molar-refractivity contribution >= 4 is 46.9 Å². The fourth-order valence-electron chi connectivity index (χ4n) is 1.95. The Morgan fingerprint density at radius 3 is 2.35 bits per heavy atom. The van der Waals surface area contributed by atoms with Gasteiger partial charge in [-0.1, -0.05) is 24.3 Å². The Morgan fingerprint density at radius 2 is 1.76 bits per heavy atom. The topological polar surface area (TPSA) is 40.5 Å². The Morgan fingerprint density at radius 1 is 1.06 bits per heavy atom. The van der Waals surface area contributed by atoms with E-state index >= 15 is 0 Å². The zero-order valence-corrected chi connectivity index (χ0v) is 11.3. The molecule has 0 aliphatic carbocycles. The first kappa shape index (κ1) is 12.8. The smallest absolute Gasteiger partial charge is 0.423 e. The van der Waals surface area contributed by atoms with E-state index in [-0.39, 0.29) is 0 Å². The fourth-order valence-corrected chi connectivity index (χ4v) is 3.68. The lowest BCUT2D eigenvalue weighted by molar-refractivity contribution is 0.425. The van der Waals surface area contributed by atoms with E-state index in [4.69, 9.17) is 0 Å². The summed E-state index contributed by atoms with van der Waals surface area (Å²) in [7, 11) is -1.44. The molecule has 0 unspecified atom stereocenters. The van der Waals surface area contributed by atoms with Crippen molar-refractivity contribution in [2.75, 3.05) is 12.5 Å². The maximum Gasteiger partial charge on any atom is 0.490 e. The van der Waals surface area contributed by atoms with Crippen LogP contribution in [-0.2, 0) is 0 Å². The third-order valence-electron chi connectivity index (χ3n) is 2.69. The van der Waals surface area contributed by atoms with E-state index in [9.17, 15) is 10.0 Å². The van der Waals surface area contributed by atoms with Crippen molar-refractivity contribution in [1.82, 2.24) is 0 Å². The van der Waals surface area contributed by atoms with Crippen LogP contribution >= 0.6 is 23.5 Å². The van der Waals surface area contributed by atoms with Gasteiger partial charge in [-0.15, -0.1) is 23.5 Å². The SMILES string of the molecule is CSc1cc2ccccc2c(B(O)O)c1SC. The summed E-state index contributed by atoms with van der Waals surface area (Å²) in [4.78, 5) is 2.03. The highest BCUT2D eigenvalue weighted by molar-refractivity contribution is 8.01. The molecule has 2 aromatic carbocycles. The second-order valence-electron chi connectivity index (χ2n) is 3.62. The molecule has 0 bridgehead atoms. The molecule has 0 aromatic heterocycles. The van der Waals surface area contributed by atoms with Crippen molar-refractivity contribution in [2.24, 2.45) is 0 Å². The average Bonchev–Trinajstić information content (AvgIpc) is 2.35. The molecule has 88 valence electrons. The second kappa shape index (κ2) is 5.35. The van der Waals surface area contributed by atoms with Gasteiger partial charge in [-0.25, -0.2) is 0 Å². The van der Waals surface area contributed by atoms with Crippen LogP contribution in [0.2, 0.25) is 0 Å². The van der Waals surface area contributed by atoms with E-state index in [1.807, 2.05) is 36.8 Å². The molecule has 0 fully saturated rings. The summed E-state index contributed by atoms with van der Waals surface area (Å²) in [5, 5.41) is 21.1. The highest BCUT2D eigenvalue weighted by Gasteiger charge is 2.21. The Labute approximate surface area is 110 Å². The molecule has 0 radical (unpaired) electrons. The predicted molar refractivity (Wildman–Crippen MR) is 77.3 cm³/mol. The number of thioether (sulfide) groups is 2. The van der Waals surface area contributed by atoms with Crippen LogP contribution in [0.1, 0.15) is 0 Å². The zero-order chi connectivity index (χ0) is 12.4. The summed E-state index contributed by atoms with van der Waals surface area (Å²) in [6, 6.07) is 9.88. The first-order valence-corrected chi connectivity index (χ1v) is 7.63. The molecule has 0 saturated carbocycles. The molecule has 0 aliphatic rings. The van der Waals surface area contributed by atoms with Crippen molar-refractivity contribution in [3.05, 3.63) is 30.3 Å². The monoisotopic (exact) mass is 264 g/mol. The first-order valence-electron chi connectivity index (χ1n) is 5.18. The normalized spacial score (nSPS) is 10.8. The average molecular weight is 264 g/mol. The van der Waals surface area contributed by atoms with E-state index in [2.05, 4.69) is 6.07 Å². The van der Waals surface area contributed by atoms with Crippen molar-refractivity contribution in [3.63, 3.8) is 0 Å². The van der Waals surface area contributed by atoms with Gasteiger partial charge in [0.25, 0.3) is 0 Å². The molecule has 5 heteroatoms. The molecule has 0 heterocycles. The van der Waals surface area contributed by atoms with Crippen LogP contribution in [0.25, 0.3) is 10.8 Å². The molecule has 0 saturated heterocycles. The molecular formula is C12H13BO2S2. The summed E-state index contributed by atoms with van der Waals surface area (Å²) in [6.07, 6.45) is 3.95. The minimum Gasteiger partial charge on any atom is -0.423 e. The first-order chi connectivity index (χ1) is 8.19. The lowest BCUT2D eigenvalue weighted by atomic mass is 9.77. The van der Waals surface area contributed by atoms with Gasteiger partial charge in [0.15, 0.2) is 0 Å². The van der Waals surface area contributed by atoms with Gasteiger partial charge in [-0.2, -0.15) is 0 Å². The number of fused-ring (bicyclic) bond motifs is 1. The molecular weight excluding hydrogens is 251 g/mol. The third kappa shape index (κ3) is 2.33. The van der Waals surface area contributed by atoms with Crippen LogP contribution in [0.5, 0.6) is 0 Å². The molecule has 0 atom stereocenters.